The second kappa shape index (κ2) is 7.71. The minimum Gasteiger partial charge on any atom is -0.368 e. The highest BCUT2D eigenvalue weighted by Gasteiger charge is 2.16. The molecule has 0 unspecified atom stereocenters. The summed E-state index contributed by atoms with van der Waals surface area (Å²) in [6.07, 6.45) is 1.70. The van der Waals surface area contributed by atoms with E-state index >= 15 is 0 Å². The van der Waals surface area contributed by atoms with Crippen LogP contribution in [0, 0.1) is 5.82 Å². The van der Waals surface area contributed by atoms with Gasteiger partial charge in [-0.25, -0.2) is 14.4 Å². The smallest absolute Gasteiger partial charge is 0.241 e. The third-order valence-electron chi connectivity index (χ3n) is 3.86. The molecule has 0 saturated carbocycles. The molecule has 0 aliphatic carbocycles. The zero-order chi connectivity index (χ0) is 18.5. The summed E-state index contributed by atoms with van der Waals surface area (Å²) >= 11 is 0. The highest BCUT2D eigenvalue weighted by atomic mass is 19.1. The standard InChI is InChI=1S/C19H18FN5O/c20-15-4-2-1-3-13(15)11-16(21)18(26)24-14-7-5-12(6-8-14)17-9-10-23-19(22)25-17/h1-10,16H,11,21H2,(H,24,26)(H2,22,23,25)/t16-/m1/s1. The van der Waals surface area contributed by atoms with E-state index in [4.69, 9.17) is 11.5 Å². The molecule has 0 aliphatic heterocycles. The van der Waals surface area contributed by atoms with Crippen LogP contribution in [0.3, 0.4) is 0 Å². The van der Waals surface area contributed by atoms with E-state index < -0.39 is 6.04 Å². The lowest BCUT2D eigenvalue weighted by Gasteiger charge is -2.13. The number of carbonyl (C=O) groups excluding carboxylic acids is 1. The Balaban J connectivity index is 1.65. The van der Waals surface area contributed by atoms with E-state index in [2.05, 4.69) is 15.3 Å². The molecule has 3 aromatic rings. The molecule has 0 radical (unpaired) electrons. The summed E-state index contributed by atoms with van der Waals surface area (Å²) in [6.45, 7) is 0. The minimum atomic E-state index is -0.853. The summed E-state index contributed by atoms with van der Waals surface area (Å²) < 4.78 is 13.7. The molecule has 132 valence electrons. The molecule has 0 spiro atoms. The average Bonchev–Trinajstić information content (AvgIpc) is 2.64. The van der Waals surface area contributed by atoms with Crippen LogP contribution < -0.4 is 16.8 Å². The van der Waals surface area contributed by atoms with Crippen LogP contribution in [0.4, 0.5) is 16.0 Å². The second-order valence-corrected chi connectivity index (χ2v) is 5.77. The first-order valence-electron chi connectivity index (χ1n) is 8.02. The van der Waals surface area contributed by atoms with Gasteiger partial charge >= 0.3 is 0 Å². The first-order chi connectivity index (χ1) is 12.5. The maximum Gasteiger partial charge on any atom is 0.241 e. The second-order valence-electron chi connectivity index (χ2n) is 5.77. The number of benzene rings is 2. The molecular weight excluding hydrogens is 333 g/mol. The van der Waals surface area contributed by atoms with Crippen molar-refractivity contribution in [1.29, 1.82) is 0 Å². The predicted molar refractivity (Wildman–Crippen MR) is 98.6 cm³/mol. The van der Waals surface area contributed by atoms with Gasteiger partial charge in [-0.05, 0) is 36.2 Å². The first-order valence-corrected chi connectivity index (χ1v) is 8.02. The van der Waals surface area contributed by atoms with E-state index in [1.807, 2.05) is 0 Å². The van der Waals surface area contributed by atoms with Crippen LogP contribution in [0.2, 0.25) is 0 Å². The fourth-order valence-corrected chi connectivity index (χ4v) is 2.49. The highest BCUT2D eigenvalue weighted by Crippen LogP contribution is 2.20. The molecule has 3 rings (SSSR count). The molecule has 2 aromatic carbocycles. The van der Waals surface area contributed by atoms with Crippen molar-refractivity contribution in [2.45, 2.75) is 12.5 Å². The molecule has 0 fully saturated rings. The highest BCUT2D eigenvalue weighted by molar-refractivity contribution is 5.95. The number of carbonyl (C=O) groups is 1. The Hall–Kier alpha value is -3.32. The number of hydrogen-bond acceptors (Lipinski definition) is 5. The minimum absolute atomic E-state index is 0.122. The van der Waals surface area contributed by atoms with Gasteiger partial charge in [0, 0.05) is 17.4 Å². The van der Waals surface area contributed by atoms with Crippen LogP contribution in [0.1, 0.15) is 5.56 Å². The molecule has 0 bridgehead atoms. The Morgan fingerprint density at radius 3 is 2.54 bits per heavy atom. The van der Waals surface area contributed by atoms with Gasteiger partial charge in [0.25, 0.3) is 0 Å². The van der Waals surface area contributed by atoms with Crippen molar-refractivity contribution in [3.8, 4) is 11.3 Å². The Bertz CT molecular complexity index is 914. The topological polar surface area (TPSA) is 107 Å². The van der Waals surface area contributed by atoms with Crippen molar-refractivity contribution in [1.82, 2.24) is 9.97 Å². The fraction of sp³-hybridized carbons (Fsp3) is 0.105. The molecule has 7 heteroatoms. The summed E-state index contributed by atoms with van der Waals surface area (Å²) in [7, 11) is 0. The predicted octanol–water partition coefficient (Wildman–Crippen LogP) is 2.37. The van der Waals surface area contributed by atoms with Crippen molar-refractivity contribution < 1.29 is 9.18 Å². The lowest BCUT2D eigenvalue weighted by Crippen LogP contribution is -2.37. The first kappa shape index (κ1) is 17.5. The molecule has 1 heterocycles. The van der Waals surface area contributed by atoms with Gasteiger partial charge in [0.15, 0.2) is 0 Å². The maximum absolute atomic E-state index is 13.7. The number of amides is 1. The number of anilines is 2. The summed E-state index contributed by atoms with van der Waals surface area (Å²) in [5, 5.41) is 2.73. The zero-order valence-electron chi connectivity index (χ0n) is 13.9. The van der Waals surface area contributed by atoms with E-state index in [9.17, 15) is 9.18 Å². The van der Waals surface area contributed by atoms with Crippen molar-refractivity contribution in [3.05, 3.63) is 72.2 Å². The van der Waals surface area contributed by atoms with Crippen LogP contribution in [0.25, 0.3) is 11.3 Å². The average molecular weight is 351 g/mol. The van der Waals surface area contributed by atoms with Crippen LogP contribution in [-0.2, 0) is 11.2 Å². The van der Waals surface area contributed by atoms with Crippen LogP contribution in [0.15, 0.2) is 60.8 Å². The number of nitrogens with one attached hydrogen (secondary N) is 1. The van der Waals surface area contributed by atoms with E-state index in [1.165, 1.54) is 6.07 Å². The lowest BCUT2D eigenvalue weighted by atomic mass is 10.1. The Labute approximate surface area is 150 Å². The van der Waals surface area contributed by atoms with Gasteiger partial charge in [-0.1, -0.05) is 30.3 Å². The molecule has 0 aliphatic rings. The quantitative estimate of drug-likeness (QED) is 0.654. The lowest BCUT2D eigenvalue weighted by molar-refractivity contribution is -0.117. The van der Waals surface area contributed by atoms with Gasteiger partial charge in [0.1, 0.15) is 5.82 Å². The number of nitrogens with two attached hydrogens (primary N) is 2. The van der Waals surface area contributed by atoms with Gasteiger partial charge in [-0.3, -0.25) is 4.79 Å². The largest absolute Gasteiger partial charge is 0.368 e. The van der Waals surface area contributed by atoms with E-state index in [0.717, 1.165) is 5.56 Å². The van der Waals surface area contributed by atoms with Crippen LogP contribution in [0.5, 0.6) is 0 Å². The zero-order valence-corrected chi connectivity index (χ0v) is 13.9. The Morgan fingerprint density at radius 2 is 1.85 bits per heavy atom. The van der Waals surface area contributed by atoms with Crippen molar-refractivity contribution in [2.24, 2.45) is 5.73 Å². The molecule has 26 heavy (non-hydrogen) atoms. The van der Waals surface area contributed by atoms with Crippen LogP contribution >= 0.6 is 0 Å². The number of hydrogen-bond donors (Lipinski definition) is 3. The van der Waals surface area contributed by atoms with Gasteiger partial charge in [-0.2, -0.15) is 0 Å². The van der Waals surface area contributed by atoms with Crippen molar-refractivity contribution in [2.75, 3.05) is 11.1 Å². The SMILES string of the molecule is Nc1nccc(-c2ccc(NC(=O)[C@H](N)Cc3ccccc3F)cc2)n1. The van der Waals surface area contributed by atoms with Gasteiger partial charge < -0.3 is 16.8 Å². The summed E-state index contributed by atoms with van der Waals surface area (Å²) in [4.78, 5) is 20.2. The van der Waals surface area contributed by atoms with E-state index in [1.54, 1.807) is 54.7 Å². The summed E-state index contributed by atoms with van der Waals surface area (Å²) in [6, 6.07) is 14.2. The van der Waals surface area contributed by atoms with Gasteiger partial charge in [-0.15, -0.1) is 0 Å². The van der Waals surface area contributed by atoms with E-state index in [0.29, 0.717) is 16.9 Å². The van der Waals surface area contributed by atoms with Crippen molar-refractivity contribution >= 4 is 17.5 Å². The van der Waals surface area contributed by atoms with Gasteiger partial charge in [0.2, 0.25) is 11.9 Å². The van der Waals surface area contributed by atoms with E-state index in [-0.39, 0.29) is 24.1 Å². The fourth-order valence-electron chi connectivity index (χ4n) is 2.49. The van der Waals surface area contributed by atoms with Gasteiger partial charge in [0.05, 0.1) is 11.7 Å². The Kier molecular flexibility index (Phi) is 5.19. The number of halogens is 1. The third-order valence-corrected chi connectivity index (χ3v) is 3.86. The number of aromatic nitrogens is 2. The Morgan fingerprint density at radius 1 is 1.12 bits per heavy atom. The number of nitrogen functional groups attached to an aromatic ring is 1. The summed E-state index contributed by atoms with van der Waals surface area (Å²) in [5.41, 5.74) is 14.0. The van der Waals surface area contributed by atoms with Crippen LogP contribution in [-0.4, -0.2) is 21.9 Å². The number of nitrogens with zero attached hydrogens (tertiary/aromatic N) is 2. The molecule has 1 amide bonds. The molecule has 6 nitrogen and oxygen atoms in total. The molecule has 1 aromatic heterocycles. The summed E-state index contributed by atoms with van der Waals surface area (Å²) in [5.74, 6) is -0.560. The normalized spacial score (nSPS) is 11.8. The molecule has 5 N–H and O–H groups in total. The van der Waals surface area contributed by atoms with Crippen molar-refractivity contribution in [3.63, 3.8) is 0 Å². The third kappa shape index (κ3) is 4.20. The monoisotopic (exact) mass is 351 g/mol. The molecular formula is C19H18FN5O. The molecule has 1 atom stereocenters. The number of rotatable bonds is 5. The maximum atomic E-state index is 13.7. The molecule has 0 saturated heterocycles.